The van der Waals surface area contributed by atoms with Gasteiger partial charge in [0, 0.05) is 11.8 Å². The van der Waals surface area contributed by atoms with Gasteiger partial charge < -0.3 is 35.3 Å². The van der Waals surface area contributed by atoms with Gasteiger partial charge in [-0.3, -0.25) is 9.59 Å². The number of nitrogens with one attached hydrogen (secondary N) is 1. The molecule has 0 spiro atoms. The Morgan fingerprint density at radius 1 is 1.11 bits per heavy atom. The zero-order chi connectivity index (χ0) is 32.6. The van der Waals surface area contributed by atoms with Crippen molar-refractivity contribution in [3.8, 4) is 5.75 Å². The van der Waals surface area contributed by atoms with Crippen LogP contribution in [0.1, 0.15) is 71.3 Å². The molecule has 246 valence electrons. The van der Waals surface area contributed by atoms with Gasteiger partial charge in [0.15, 0.2) is 12.4 Å². The van der Waals surface area contributed by atoms with Crippen LogP contribution in [0, 0.1) is 28.6 Å². The van der Waals surface area contributed by atoms with E-state index in [0.29, 0.717) is 31.4 Å². The Morgan fingerprint density at radius 2 is 1.84 bits per heavy atom. The topological polar surface area (TPSA) is 175 Å². The summed E-state index contributed by atoms with van der Waals surface area (Å²) in [6.07, 6.45) is 5.76. The second-order valence-electron chi connectivity index (χ2n) is 13.7. The number of fused-ring (bicyclic) bond motifs is 5. The van der Waals surface area contributed by atoms with Crippen LogP contribution in [-0.2, 0) is 30.4 Å². The first-order chi connectivity index (χ1) is 21.4. The second-order valence-corrected chi connectivity index (χ2v) is 13.7. The van der Waals surface area contributed by atoms with Gasteiger partial charge in [0.2, 0.25) is 0 Å². The van der Waals surface area contributed by atoms with Crippen molar-refractivity contribution in [2.45, 2.75) is 89.9 Å². The lowest BCUT2D eigenvalue weighted by Gasteiger charge is -2.60. The van der Waals surface area contributed by atoms with Crippen molar-refractivity contribution in [1.29, 1.82) is 0 Å². The number of phenolic OH excluding ortho intramolecular Hbond substituents is 1. The van der Waals surface area contributed by atoms with E-state index in [0.717, 1.165) is 24.8 Å². The van der Waals surface area contributed by atoms with Crippen molar-refractivity contribution in [3.05, 3.63) is 41.5 Å². The van der Waals surface area contributed by atoms with E-state index in [9.17, 15) is 34.8 Å². The van der Waals surface area contributed by atoms with Gasteiger partial charge in [0.25, 0.3) is 5.91 Å². The van der Waals surface area contributed by atoms with Gasteiger partial charge >= 0.3 is 5.97 Å². The van der Waals surface area contributed by atoms with Crippen LogP contribution in [0.2, 0.25) is 0 Å². The fraction of sp³-hybridized carbons (Fsp3) is 0.647. The maximum Gasteiger partial charge on any atom is 0.328 e. The lowest BCUT2D eigenvalue weighted by atomic mass is 9.45. The molecule has 5 N–H and O–H groups in total. The highest BCUT2D eigenvalue weighted by Gasteiger charge is 2.68. The van der Waals surface area contributed by atoms with Gasteiger partial charge in [-0.05, 0) is 98.8 Å². The molecule has 1 aromatic carbocycles. The van der Waals surface area contributed by atoms with E-state index in [4.69, 9.17) is 9.57 Å². The minimum Gasteiger partial charge on any atom is -0.508 e. The number of carbonyl (C=O) groups is 3. The number of ketones is 1. The standard InChI is InChI=1S/C34H46N2O9/c1-4-44-31(42)26(15-20-5-8-23(38)9-6-20)35-29(41)19-45-36-22-11-13-32(2)21(16-22)7-10-24-25-12-14-34(43,28(40)18-37)33(25,3)17-27(39)30(24)32/h5-6,8-9,16,24-27,30,37-39,43H,4,7,10-15,17-19H2,1-3H3,(H,35,41)/b36-22-/t24-,25-,26+,27+,30+,32-,33-,34-/m0/s1. The number of ether oxygens (including phenoxy) is 1. The molecule has 4 aliphatic rings. The van der Waals surface area contributed by atoms with Gasteiger partial charge in [0.05, 0.1) is 18.4 Å². The van der Waals surface area contributed by atoms with Crippen LogP contribution in [0.3, 0.4) is 0 Å². The van der Waals surface area contributed by atoms with Crippen LogP contribution in [-0.4, -0.2) is 81.4 Å². The first kappa shape index (κ1) is 33.1. The van der Waals surface area contributed by atoms with Crippen LogP contribution in [0.25, 0.3) is 0 Å². The number of rotatable bonds is 10. The van der Waals surface area contributed by atoms with Gasteiger partial charge in [-0.25, -0.2) is 4.79 Å². The Balaban J connectivity index is 1.23. The Morgan fingerprint density at radius 3 is 2.53 bits per heavy atom. The molecule has 5 rings (SSSR count). The van der Waals surface area contributed by atoms with Gasteiger partial charge in [-0.15, -0.1) is 0 Å². The second kappa shape index (κ2) is 12.8. The molecule has 4 aliphatic carbocycles. The SMILES string of the molecule is CCOC(=O)[C@@H](Cc1ccc(O)cc1)NC(=O)CO/N=C1\C=C2CC[C@@H]3[C@H]([C@H](O)C[C@@]4(C)[C@H]3CC[C@]4(O)C(=O)CO)[C@@]2(C)CC1. The summed E-state index contributed by atoms with van der Waals surface area (Å²) in [6, 6.07) is 5.44. The Labute approximate surface area is 263 Å². The first-order valence-electron chi connectivity index (χ1n) is 16.0. The number of nitrogens with zero attached hydrogens (tertiary/aromatic N) is 1. The quantitative estimate of drug-likeness (QED) is 0.193. The molecule has 0 heterocycles. The van der Waals surface area contributed by atoms with Gasteiger partial charge in [-0.1, -0.05) is 36.7 Å². The number of Topliss-reactive ketones (excluding diaryl/α,β-unsaturated/α-hetero) is 1. The van der Waals surface area contributed by atoms with Crippen LogP contribution in [0.4, 0.5) is 0 Å². The number of carbonyl (C=O) groups excluding carboxylic acids is 3. The molecule has 1 aromatic rings. The molecule has 3 fully saturated rings. The first-order valence-corrected chi connectivity index (χ1v) is 16.0. The number of oxime groups is 1. The molecular weight excluding hydrogens is 580 g/mol. The van der Waals surface area contributed by atoms with Crippen LogP contribution in [0.15, 0.2) is 41.1 Å². The number of phenols is 1. The minimum atomic E-state index is -1.62. The summed E-state index contributed by atoms with van der Waals surface area (Å²) in [5, 5.41) is 49.0. The molecule has 3 saturated carbocycles. The van der Waals surface area contributed by atoms with Gasteiger partial charge in [0.1, 0.15) is 24.0 Å². The third kappa shape index (κ3) is 6.02. The molecular formula is C34H46N2O9. The van der Waals surface area contributed by atoms with Crippen LogP contribution < -0.4 is 5.32 Å². The van der Waals surface area contributed by atoms with E-state index in [1.54, 1.807) is 19.1 Å². The summed E-state index contributed by atoms with van der Waals surface area (Å²) < 4.78 is 5.13. The van der Waals surface area contributed by atoms with Crippen molar-refractivity contribution in [3.63, 3.8) is 0 Å². The zero-order valence-corrected chi connectivity index (χ0v) is 26.3. The number of amides is 1. The molecule has 45 heavy (non-hydrogen) atoms. The molecule has 0 unspecified atom stereocenters. The summed E-state index contributed by atoms with van der Waals surface area (Å²) in [7, 11) is 0. The molecule has 0 bridgehead atoms. The summed E-state index contributed by atoms with van der Waals surface area (Å²) in [5.74, 6) is -1.34. The van der Waals surface area contributed by atoms with E-state index in [-0.39, 0.29) is 48.6 Å². The van der Waals surface area contributed by atoms with E-state index in [2.05, 4.69) is 17.4 Å². The smallest absolute Gasteiger partial charge is 0.328 e. The summed E-state index contributed by atoms with van der Waals surface area (Å²) >= 11 is 0. The van der Waals surface area contributed by atoms with Gasteiger partial charge in [-0.2, -0.15) is 0 Å². The number of aromatic hydroxyl groups is 1. The van der Waals surface area contributed by atoms with Crippen LogP contribution in [0.5, 0.6) is 5.75 Å². The van der Waals surface area contributed by atoms with E-state index < -0.39 is 47.4 Å². The minimum absolute atomic E-state index is 0.0243. The lowest BCUT2D eigenvalue weighted by molar-refractivity contribution is -0.181. The van der Waals surface area contributed by atoms with Crippen molar-refractivity contribution in [1.82, 2.24) is 5.32 Å². The molecule has 0 radical (unpaired) electrons. The maximum absolute atomic E-state index is 12.7. The fourth-order valence-corrected chi connectivity index (χ4v) is 9.08. The maximum atomic E-state index is 12.7. The number of esters is 1. The third-order valence-corrected chi connectivity index (χ3v) is 11.3. The Kier molecular flexibility index (Phi) is 9.45. The number of allylic oxidation sites excluding steroid dienone is 2. The summed E-state index contributed by atoms with van der Waals surface area (Å²) in [6.45, 7) is 4.87. The lowest BCUT2D eigenvalue weighted by Crippen LogP contribution is -2.62. The predicted octanol–water partition coefficient (Wildman–Crippen LogP) is 2.58. The molecule has 0 aliphatic heterocycles. The normalized spacial score (nSPS) is 35.3. The van der Waals surface area contributed by atoms with E-state index in [1.807, 2.05) is 13.0 Å². The highest BCUT2D eigenvalue weighted by Crippen LogP contribution is 2.67. The van der Waals surface area contributed by atoms with Crippen molar-refractivity contribution in [2.24, 2.45) is 33.7 Å². The Hall–Kier alpha value is -3.28. The molecule has 11 nitrogen and oxygen atoms in total. The van der Waals surface area contributed by atoms with Crippen molar-refractivity contribution < 1.29 is 44.4 Å². The fourth-order valence-electron chi connectivity index (χ4n) is 9.08. The van der Waals surface area contributed by atoms with Crippen molar-refractivity contribution >= 4 is 23.4 Å². The zero-order valence-electron chi connectivity index (χ0n) is 26.3. The third-order valence-electron chi connectivity index (χ3n) is 11.3. The predicted molar refractivity (Wildman–Crippen MR) is 164 cm³/mol. The number of benzene rings is 1. The summed E-state index contributed by atoms with van der Waals surface area (Å²) in [5.41, 5.74) is -0.0411. The number of hydrogen-bond donors (Lipinski definition) is 5. The monoisotopic (exact) mass is 626 g/mol. The largest absolute Gasteiger partial charge is 0.508 e. The van der Waals surface area contributed by atoms with E-state index >= 15 is 0 Å². The number of aliphatic hydroxyl groups excluding tert-OH is 2. The summed E-state index contributed by atoms with van der Waals surface area (Å²) in [4.78, 5) is 43.3. The Bertz CT molecular complexity index is 1360. The average Bonchev–Trinajstić information content (AvgIpc) is 3.28. The molecule has 1 amide bonds. The average molecular weight is 627 g/mol. The molecule has 0 aromatic heterocycles. The highest BCUT2D eigenvalue weighted by atomic mass is 16.6. The molecule has 11 heteroatoms. The van der Waals surface area contributed by atoms with Crippen LogP contribution >= 0.6 is 0 Å². The highest BCUT2D eigenvalue weighted by molar-refractivity contribution is 5.96. The molecule has 0 saturated heterocycles. The number of hydrogen-bond acceptors (Lipinski definition) is 10. The van der Waals surface area contributed by atoms with E-state index in [1.165, 1.54) is 17.7 Å². The van der Waals surface area contributed by atoms with Crippen molar-refractivity contribution in [2.75, 3.05) is 19.8 Å². The molecule has 8 atom stereocenters. The number of aliphatic hydroxyl groups is 3.